The third kappa shape index (κ3) is 7.23. The summed E-state index contributed by atoms with van der Waals surface area (Å²) < 4.78 is 12.4. The smallest absolute Gasteiger partial charge is 0.234 e. The zero-order chi connectivity index (χ0) is 20.8. The second-order valence-electron chi connectivity index (χ2n) is 8.84. The van der Waals surface area contributed by atoms with Gasteiger partial charge in [0.05, 0.1) is 11.8 Å². The summed E-state index contributed by atoms with van der Waals surface area (Å²) in [5, 5.41) is 8.94. The van der Waals surface area contributed by atoms with Crippen molar-refractivity contribution in [2.24, 2.45) is 0 Å². The molecule has 5 nitrogen and oxygen atoms in total. The number of hydrogen-bond acceptors (Lipinski definition) is 5. The number of benzene rings is 1. The largest absolute Gasteiger partial charge is 0.490 e. The van der Waals surface area contributed by atoms with Gasteiger partial charge in [0.15, 0.2) is 0 Å². The quantitative estimate of drug-likeness (QED) is 0.453. The van der Waals surface area contributed by atoms with E-state index in [1.54, 1.807) is 0 Å². The Morgan fingerprint density at radius 2 is 1.69 bits per heavy atom. The van der Waals surface area contributed by atoms with Crippen LogP contribution in [0.5, 0.6) is 11.6 Å². The number of rotatable bonds is 8. The zero-order valence-corrected chi connectivity index (χ0v) is 20.9. The second kappa shape index (κ2) is 13.2. The molecule has 2 aromatic rings. The first-order valence-corrected chi connectivity index (χ1v) is 11.7. The van der Waals surface area contributed by atoms with E-state index in [9.17, 15) is 0 Å². The van der Waals surface area contributed by atoms with E-state index in [1.165, 1.54) is 32.1 Å². The summed E-state index contributed by atoms with van der Waals surface area (Å²) in [6.45, 7) is 4.22. The van der Waals surface area contributed by atoms with Crippen LogP contribution in [-0.2, 0) is 6.42 Å². The molecular formula is C25H37Cl2N3O2. The zero-order valence-electron chi connectivity index (χ0n) is 19.3. The van der Waals surface area contributed by atoms with Crippen molar-refractivity contribution in [3.8, 4) is 22.8 Å². The fraction of sp³-hybridized carbons (Fsp3) is 0.600. The molecule has 0 spiro atoms. The topological polar surface area (TPSA) is 47.5 Å². The van der Waals surface area contributed by atoms with Gasteiger partial charge in [0.25, 0.3) is 0 Å². The van der Waals surface area contributed by atoms with Gasteiger partial charge in [-0.2, -0.15) is 5.10 Å². The number of aromatic nitrogens is 2. The molecule has 1 atom stereocenters. The maximum absolute atomic E-state index is 6.21. The highest BCUT2D eigenvalue weighted by Crippen LogP contribution is 2.30. The first-order chi connectivity index (χ1) is 14.7. The van der Waals surface area contributed by atoms with Gasteiger partial charge in [0.2, 0.25) is 5.88 Å². The fourth-order valence-electron chi connectivity index (χ4n) is 4.49. The van der Waals surface area contributed by atoms with Crippen molar-refractivity contribution < 1.29 is 9.47 Å². The van der Waals surface area contributed by atoms with Gasteiger partial charge in [-0.25, -0.2) is 0 Å². The number of nitrogens with zero attached hydrogens (tertiary/aromatic N) is 3. The average Bonchev–Trinajstić information content (AvgIpc) is 3.18. The molecular weight excluding hydrogens is 445 g/mol. The van der Waals surface area contributed by atoms with Crippen molar-refractivity contribution in [3.05, 3.63) is 36.0 Å². The Hall–Kier alpha value is -1.56. The van der Waals surface area contributed by atoms with E-state index in [0.717, 1.165) is 61.3 Å². The van der Waals surface area contributed by atoms with Crippen LogP contribution in [0.3, 0.4) is 0 Å². The van der Waals surface area contributed by atoms with Gasteiger partial charge >= 0.3 is 0 Å². The number of likely N-dealkylation sites (tertiary alicyclic amines) is 1. The number of unbranched alkanes of at least 4 members (excludes halogenated alkanes) is 1. The summed E-state index contributed by atoms with van der Waals surface area (Å²) in [7, 11) is 2.13. The normalized spacial score (nSPS) is 19.1. The Labute approximate surface area is 205 Å². The Morgan fingerprint density at radius 3 is 2.34 bits per heavy atom. The Kier molecular flexibility index (Phi) is 11.0. The summed E-state index contributed by atoms with van der Waals surface area (Å²) in [5.41, 5.74) is 3.33. The molecule has 178 valence electrons. The second-order valence-corrected chi connectivity index (χ2v) is 8.84. The maximum atomic E-state index is 6.21. The minimum absolute atomic E-state index is 0. The van der Waals surface area contributed by atoms with Crippen LogP contribution in [0.15, 0.2) is 30.3 Å². The number of ether oxygens (including phenoxy) is 2. The van der Waals surface area contributed by atoms with Crippen molar-refractivity contribution in [3.63, 3.8) is 0 Å². The molecule has 32 heavy (non-hydrogen) atoms. The van der Waals surface area contributed by atoms with E-state index < -0.39 is 0 Å². The lowest BCUT2D eigenvalue weighted by molar-refractivity contribution is 0.155. The predicted octanol–water partition coefficient (Wildman–Crippen LogP) is 6.12. The third-order valence-electron chi connectivity index (χ3n) is 6.27. The van der Waals surface area contributed by atoms with E-state index in [1.807, 2.05) is 0 Å². The van der Waals surface area contributed by atoms with Gasteiger partial charge < -0.3 is 14.4 Å². The van der Waals surface area contributed by atoms with Crippen LogP contribution in [0, 0.1) is 0 Å². The molecule has 7 heteroatoms. The van der Waals surface area contributed by atoms with Gasteiger partial charge in [0, 0.05) is 24.7 Å². The van der Waals surface area contributed by atoms with Crippen LogP contribution in [0.1, 0.15) is 64.0 Å². The summed E-state index contributed by atoms with van der Waals surface area (Å²) in [6, 6.07) is 10.6. The van der Waals surface area contributed by atoms with Crippen LogP contribution in [-0.4, -0.2) is 47.4 Å². The minimum Gasteiger partial charge on any atom is -0.490 e. The number of hydrogen-bond donors (Lipinski definition) is 0. The lowest BCUT2D eigenvalue weighted by atomic mass is 9.97. The highest BCUT2D eigenvalue weighted by molar-refractivity contribution is 5.85. The average molecular weight is 482 g/mol. The van der Waals surface area contributed by atoms with E-state index in [-0.39, 0.29) is 30.9 Å². The van der Waals surface area contributed by atoms with Gasteiger partial charge in [-0.05, 0) is 69.7 Å². The van der Waals surface area contributed by atoms with Gasteiger partial charge in [-0.3, -0.25) is 0 Å². The summed E-state index contributed by atoms with van der Waals surface area (Å²) in [5.74, 6) is 1.60. The van der Waals surface area contributed by atoms with Crippen molar-refractivity contribution in [2.75, 3.05) is 20.1 Å². The van der Waals surface area contributed by atoms with Crippen LogP contribution in [0.2, 0.25) is 0 Å². The van der Waals surface area contributed by atoms with Crippen molar-refractivity contribution in [1.82, 2.24) is 15.1 Å². The molecule has 1 saturated carbocycles. The van der Waals surface area contributed by atoms with E-state index in [2.05, 4.69) is 59.4 Å². The summed E-state index contributed by atoms with van der Waals surface area (Å²) in [4.78, 5) is 2.29. The van der Waals surface area contributed by atoms with Crippen LogP contribution < -0.4 is 9.47 Å². The van der Waals surface area contributed by atoms with E-state index in [4.69, 9.17) is 9.47 Å². The standard InChI is InChI=1S/C25H35N3O2.2ClH/c1-3-4-10-24-23(17-25(27-26-24)30-22-15-16-28(2)18-22)19-11-13-21(14-12-19)29-20-8-6-5-7-9-20;;/h11-14,17,20,22H,3-10,15-16,18H2,1-2H3;2*1H. The van der Waals surface area contributed by atoms with E-state index in [0.29, 0.717) is 12.0 Å². The van der Waals surface area contributed by atoms with Crippen LogP contribution in [0.25, 0.3) is 11.1 Å². The van der Waals surface area contributed by atoms with Crippen LogP contribution in [0.4, 0.5) is 0 Å². The van der Waals surface area contributed by atoms with E-state index >= 15 is 0 Å². The lowest BCUT2D eigenvalue weighted by Crippen LogP contribution is -2.22. The number of likely N-dealkylation sites (N-methyl/N-ethyl adjacent to an activating group) is 1. The Morgan fingerprint density at radius 1 is 0.938 bits per heavy atom. The van der Waals surface area contributed by atoms with Gasteiger partial charge in [-0.15, -0.1) is 29.9 Å². The van der Waals surface area contributed by atoms with Gasteiger partial charge in [-0.1, -0.05) is 31.9 Å². The third-order valence-corrected chi connectivity index (χ3v) is 6.27. The molecule has 4 rings (SSSR count). The minimum atomic E-state index is 0. The molecule has 1 aromatic carbocycles. The molecule has 1 aliphatic carbocycles. The molecule has 1 aromatic heterocycles. The predicted molar refractivity (Wildman–Crippen MR) is 135 cm³/mol. The molecule has 0 amide bonds. The van der Waals surface area contributed by atoms with Crippen molar-refractivity contribution in [2.45, 2.75) is 76.9 Å². The molecule has 1 unspecified atom stereocenters. The maximum Gasteiger partial charge on any atom is 0.234 e. The van der Waals surface area contributed by atoms with Crippen molar-refractivity contribution >= 4 is 24.8 Å². The SMILES string of the molecule is CCCCc1nnc(OC2CCN(C)C2)cc1-c1ccc(OC2CCCCC2)cc1.Cl.Cl. The molecule has 0 bridgehead atoms. The lowest BCUT2D eigenvalue weighted by Gasteiger charge is -2.23. The molecule has 0 N–H and O–H groups in total. The Balaban J connectivity index is 0.00000181. The number of aryl methyl sites for hydroxylation is 1. The van der Waals surface area contributed by atoms with Crippen LogP contribution >= 0.6 is 24.8 Å². The number of halogens is 2. The summed E-state index contributed by atoms with van der Waals surface area (Å²) in [6.07, 6.45) is 11.1. The summed E-state index contributed by atoms with van der Waals surface area (Å²) >= 11 is 0. The molecule has 2 aliphatic rings. The highest BCUT2D eigenvalue weighted by atomic mass is 35.5. The monoisotopic (exact) mass is 481 g/mol. The first kappa shape index (κ1) is 26.7. The molecule has 2 fully saturated rings. The molecule has 1 aliphatic heterocycles. The molecule has 0 radical (unpaired) electrons. The highest BCUT2D eigenvalue weighted by Gasteiger charge is 2.22. The Bertz CT molecular complexity index is 813. The first-order valence-electron chi connectivity index (χ1n) is 11.7. The van der Waals surface area contributed by atoms with Gasteiger partial charge in [0.1, 0.15) is 11.9 Å². The van der Waals surface area contributed by atoms with Crippen molar-refractivity contribution in [1.29, 1.82) is 0 Å². The molecule has 2 heterocycles. The molecule has 1 saturated heterocycles. The fourth-order valence-corrected chi connectivity index (χ4v) is 4.49.